The molecule has 8 nitrogen and oxygen atoms in total. The predicted molar refractivity (Wildman–Crippen MR) is 95.0 cm³/mol. The number of hydrogen-bond acceptors (Lipinski definition) is 6. The second-order valence-electron chi connectivity index (χ2n) is 5.24. The van der Waals surface area contributed by atoms with Crippen LogP contribution in [0.5, 0.6) is 17.2 Å². The highest BCUT2D eigenvalue weighted by Gasteiger charge is 2.24. The topological polar surface area (TPSA) is 99.9 Å². The third-order valence-electron chi connectivity index (χ3n) is 3.64. The molecule has 0 fully saturated rings. The maximum absolute atomic E-state index is 12.5. The molecule has 0 atom stereocenters. The van der Waals surface area contributed by atoms with Gasteiger partial charge in [0.05, 0.1) is 31.8 Å². The van der Waals surface area contributed by atoms with Crippen molar-refractivity contribution < 1.29 is 23.9 Å². The van der Waals surface area contributed by atoms with Crippen LogP contribution >= 0.6 is 0 Å². The fourth-order valence-corrected chi connectivity index (χ4v) is 2.33. The Kier molecular flexibility index (Phi) is 6.37. The third kappa shape index (κ3) is 4.41. The van der Waals surface area contributed by atoms with Crippen molar-refractivity contribution in [3.05, 3.63) is 57.6 Å². The number of carbonyl (C=O) groups is 1. The first-order valence-corrected chi connectivity index (χ1v) is 7.90. The zero-order chi connectivity index (χ0) is 19.1. The maximum Gasteiger partial charge on any atom is 0.286 e. The standard InChI is InChI=1S/C18H20N2O6/c1-4-26-17-9-14(15(20(22)23)10-16(17)25-3)18(21)19-11-12-5-7-13(24-2)8-6-12/h5-10H,4,11H2,1-3H3,(H,19,21). The lowest BCUT2D eigenvalue weighted by molar-refractivity contribution is -0.385. The molecule has 0 saturated carbocycles. The van der Waals surface area contributed by atoms with Gasteiger partial charge in [0.25, 0.3) is 11.6 Å². The van der Waals surface area contributed by atoms with Gasteiger partial charge >= 0.3 is 0 Å². The fraction of sp³-hybridized carbons (Fsp3) is 0.278. The van der Waals surface area contributed by atoms with Crippen molar-refractivity contribution in [3.8, 4) is 17.2 Å². The number of nitro groups is 1. The van der Waals surface area contributed by atoms with Crippen LogP contribution < -0.4 is 19.5 Å². The quantitative estimate of drug-likeness (QED) is 0.574. The molecule has 0 heterocycles. The summed E-state index contributed by atoms with van der Waals surface area (Å²) in [5.41, 5.74) is 0.394. The fourth-order valence-electron chi connectivity index (χ4n) is 2.33. The molecule has 0 unspecified atom stereocenters. The van der Waals surface area contributed by atoms with Crippen molar-refractivity contribution in [2.75, 3.05) is 20.8 Å². The lowest BCUT2D eigenvalue weighted by Gasteiger charge is -2.12. The number of carbonyl (C=O) groups excluding carboxylic acids is 1. The summed E-state index contributed by atoms with van der Waals surface area (Å²) in [7, 11) is 2.94. The van der Waals surface area contributed by atoms with Crippen molar-refractivity contribution in [3.63, 3.8) is 0 Å². The second-order valence-corrected chi connectivity index (χ2v) is 5.24. The number of ether oxygens (including phenoxy) is 3. The Morgan fingerprint density at radius 3 is 2.35 bits per heavy atom. The average Bonchev–Trinajstić information content (AvgIpc) is 2.66. The van der Waals surface area contributed by atoms with E-state index in [0.29, 0.717) is 12.4 Å². The molecule has 8 heteroatoms. The number of methoxy groups -OCH3 is 2. The van der Waals surface area contributed by atoms with E-state index in [0.717, 1.165) is 5.56 Å². The molecule has 0 aromatic heterocycles. The summed E-state index contributed by atoms with van der Waals surface area (Å²) in [5.74, 6) is 0.601. The number of benzene rings is 2. The Bertz CT molecular complexity index is 789. The summed E-state index contributed by atoms with van der Waals surface area (Å²) >= 11 is 0. The molecule has 1 N–H and O–H groups in total. The van der Waals surface area contributed by atoms with E-state index in [9.17, 15) is 14.9 Å². The molecular formula is C18H20N2O6. The maximum atomic E-state index is 12.5. The minimum atomic E-state index is -0.624. The molecule has 0 bridgehead atoms. The first kappa shape index (κ1) is 19.0. The van der Waals surface area contributed by atoms with Gasteiger partial charge < -0.3 is 19.5 Å². The van der Waals surface area contributed by atoms with Crippen LogP contribution in [0.4, 0.5) is 5.69 Å². The van der Waals surface area contributed by atoms with E-state index in [1.165, 1.54) is 19.2 Å². The molecule has 26 heavy (non-hydrogen) atoms. The van der Waals surface area contributed by atoms with Crippen molar-refractivity contribution in [2.45, 2.75) is 13.5 Å². The van der Waals surface area contributed by atoms with Gasteiger partial charge in [0, 0.05) is 12.6 Å². The van der Waals surface area contributed by atoms with E-state index < -0.39 is 10.8 Å². The molecule has 0 spiro atoms. The molecule has 0 saturated heterocycles. The number of rotatable bonds is 8. The van der Waals surface area contributed by atoms with E-state index in [1.807, 2.05) is 0 Å². The monoisotopic (exact) mass is 360 g/mol. The van der Waals surface area contributed by atoms with Crippen LogP contribution in [0.3, 0.4) is 0 Å². The van der Waals surface area contributed by atoms with Gasteiger partial charge in [-0.1, -0.05) is 12.1 Å². The second kappa shape index (κ2) is 8.70. The molecule has 1 amide bonds. The number of nitro benzene ring substituents is 1. The highest BCUT2D eigenvalue weighted by molar-refractivity contribution is 5.99. The van der Waals surface area contributed by atoms with Crippen LogP contribution in [0, 0.1) is 10.1 Å². The van der Waals surface area contributed by atoms with Gasteiger partial charge in [0.15, 0.2) is 11.5 Å². The highest BCUT2D eigenvalue weighted by Crippen LogP contribution is 2.34. The minimum Gasteiger partial charge on any atom is -0.497 e. The molecule has 138 valence electrons. The summed E-state index contributed by atoms with van der Waals surface area (Å²) in [5, 5.41) is 14.0. The Morgan fingerprint density at radius 1 is 1.12 bits per heavy atom. The van der Waals surface area contributed by atoms with Crippen molar-refractivity contribution in [1.82, 2.24) is 5.32 Å². The first-order valence-electron chi connectivity index (χ1n) is 7.90. The Labute approximate surface area is 150 Å². The molecule has 0 radical (unpaired) electrons. The predicted octanol–water partition coefficient (Wildman–Crippen LogP) is 2.94. The van der Waals surface area contributed by atoms with Gasteiger partial charge in [-0.05, 0) is 24.6 Å². The lowest BCUT2D eigenvalue weighted by atomic mass is 10.1. The lowest BCUT2D eigenvalue weighted by Crippen LogP contribution is -2.24. The van der Waals surface area contributed by atoms with Gasteiger partial charge in [0.1, 0.15) is 11.3 Å². The Balaban J connectivity index is 2.24. The van der Waals surface area contributed by atoms with Crippen LogP contribution in [-0.4, -0.2) is 31.7 Å². The summed E-state index contributed by atoms with van der Waals surface area (Å²) in [6.07, 6.45) is 0. The Morgan fingerprint density at radius 2 is 1.81 bits per heavy atom. The summed E-state index contributed by atoms with van der Waals surface area (Å²) in [6, 6.07) is 9.65. The Hall–Kier alpha value is -3.29. The third-order valence-corrected chi connectivity index (χ3v) is 3.64. The zero-order valence-corrected chi connectivity index (χ0v) is 14.8. The molecule has 2 aromatic rings. The van der Waals surface area contributed by atoms with E-state index >= 15 is 0 Å². The number of nitrogens with zero attached hydrogens (tertiary/aromatic N) is 1. The van der Waals surface area contributed by atoms with Crippen molar-refractivity contribution in [2.24, 2.45) is 0 Å². The number of amides is 1. The molecule has 0 aliphatic carbocycles. The van der Waals surface area contributed by atoms with Crippen molar-refractivity contribution in [1.29, 1.82) is 0 Å². The molecule has 0 aliphatic heterocycles. The van der Waals surface area contributed by atoms with E-state index in [1.54, 1.807) is 38.3 Å². The van der Waals surface area contributed by atoms with Crippen LogP contribution in [0.1, 0.15) is 22.8 Å². The summed E-state index contributed by atoms with van der Waals surface area (Å²) in [4.78, 5) is 23.2. The van der Waals surface area contributed by atoms with Gasteiger partial charge in [-0.25, -0.2) is 0 Å². The largest absolute Gasteiger partial charge is 0.497 e. The van der Waals surface area contributed by atoms with E-state index in [-0.39, 0.29) is 29.3 Å². The molecule has 2 rings (SSSR count). The zero-order valence-electron chi connectivity index (χ0n) is 14.8. The van der Waals surface area contributed by atoms with E-state index in [4.69, 9.17) is 14.2 Å². The SMILES string of the molecule is CCOc1cc(C(=O)NCc2ccc(OC)cc2)c([N+](=O)[O-])cc1OC. The summed E-state index contributed by atoms with van der Waals surface area (Å²) < 4.78 is 15.6. The first-order chi connectivity index (χ1) is 12.5. The van der Waals surface area contributed by atoms with Crippen LogP contribution in [-0.2, 0) is 6.54 Å². The summed E-state index contributed by atoms with van der Waals surface area (Å²) in [6.45, 7) is 2.32. The minimum absolute atomic E-state index is 0.0900. The van der Waals surface area contributed by atoms with Crippen LogP contribution in [0.2, 0.25) is 0 Å². The molecular weight excluding hydrogens is 340 g/mol. The van der Waals surface area contributed by atoms with Gasteiger partial charge in [-0.3, -0.25) is 14.9 Å². The van der Waals surface area contributed by atoms with Gasteiger partial charge in [-0.15, -0.1) is 0 Å². The van der Waals surface area contributed by atoms with Crippen LogP contribution in [0.25, 0.3) is 0 Å². The smallest absolute Gasteiger partial charge is 0.286 e. The number of hydrogen-bond donors (Lipinski definition) is 1. The van der Waals surface area contributed by atoms with Gasteiger partial charge in [-0.2, -0.15) is 0 Å². The van der Waals surface area contributed by atoms with Gasteiger partial charge in [0.2, 0.25) is 0 Å². The average molecular weight is 360 g/mol. The normalized spacial score (nSPS) is 10.1. The molecule has 2 aromatic carbocycles. The number of nitrogens with one attached hydrogen (secondary N) is 1. The van der Waals surface area contributed by atoms with Crippen LogP contribution in [0.15, 0.2) is 36.4 Å². The van der Waals surface area contributed by atoms with E-state index in [2.05, 4.69) is 5.32 Å². The van der Waals surface area contributed by atoms with Crippen molar-refractivity contribution >= 4 is 11.6 Å². The highest BCUT2D eigenvalue weighted by atomic mass is 16.6. The molecule has 0 aliphatic rings.